The van der Waals surface area contributed by atoms with Gasteiger partial charge in [0.1, 0.15) is 0 Å². The van der Waals surface area contributed by atoms with E-state index in [2.05, 4.69) is 27.3 Å². The standard InChI is InChI=1S/C12H15BrClNO/c1-15-12(8-4-5-16-7-8)10-3-2-9(13)6-11(10)14/h2-3,6,8,12,15H,4-5,7H2,1H3. The molecule has 2 nitrogen and oxygen atoms in total. The lowest BCUT2D eigenvalue weighted by molar-refractivity contribution is 0.178. The lowest BCUT2D eigenvalue weighted by Gasteiger charge is -2.23. The molecule has 1 aromatic carbocycles. The molecule has 1 N–H and O–H groups in total. The second kappa shape index (κ2) is 5.50. The summed E-state index contributed by atoms with van der Waals surface area (Å²) in [7, 11) is 1.97. The van der Waals surface area contributed by atoms with Gasteiger partial charge in [-0.2, -0.15) is 0 Å². The number of ether oxygens (including phenoxy) is 1. The Morgan fingerprint density at radius 1 is 1.56 bits per heavy atom. The van der Waals surface area contributed by atoms with E-state index in [0.29, 0.717) is 5.92 Å². The molecule has 1 saturated heterocycles. The van der Waals surface area contributed by atoms with Crippen LogP contribution in [0, 0.1) is 5.92 Å². The van der Waals surface area contributed by atoms with Crippen molar-refractivity contribution in [2.24, 2.45) is 5.92 Å². The molecule has 1 aliphatic rings. The van der Waals surface area contributed by atoms with Gasteiger partial charge in [-0.25, -0.2) is 0 Å². The fourth-order valence-corrected chi connectivity index (χ4v) is 3.01. The van der Waals surface area contributed by atoms with Crippen LogP contribution in [0.2, 0.25) is 5.02 Å². The monoisotopic (exact) mass is 303 g/mol. The van der Waals surface area contributed by atoms with Gasteiger partial charge in [0.15, 0.2) is 0 Å². The Morgan fingerprint density at radius 3 is 2.94 bits per heavy atom. The number of nitrogens with one attached hydrogen (secondary N) is 1. The Labute approximate surface area is 109 Å². The van der Waals surface area contributed by atoms with E-state index in [0.717, 1.165) is 34.7 Å². The van der Waals surface area contributed by atoms with Crippen LogP contribution in [0.25, 0.3) is 0 Å². The Bertz CT molecular complexity index is 366. The van der Waals surface area contributed by atoms with Gasteiger partial charge in [-0.05, 0) is 31.2 Å². The molecule has 0 radical (unpaired) electrons. The van der Waals surface area contributed by atoms with E-state index in [-0.39, 0.29) is 6.04 Å². The maximum Gasteiger partial charge on any atom is 0.0513 e. The van der Waals surface area contributed by atoms with Crippen molar-refractivity contribution < 1.29 is 4.74 Å². The topological polar surface area (TPSA) is 21.3 Å². The molecule has 2 rings (SSSR count). The molecule has 2 atom stereocenters. The van der Waals surface area contributed by atoms with Gasteiger partial charge in [-0.1, -0.05) is 33.6 Å². The Hall–Kier alpha value is -0.0900. The minimum Gasteiger partial charge on any atom is -0.381 e. The third-order valence-corrected chi connectivity index (χ3v) is 3.87. The van der Waals surface area contributed by atoms with Crippen LogP contribution in [0.15, 0.2) is 22.7 Å². The smallest absolute Gasteiger partial charge is 0.0513 e. The fraction of sp³-hybridized carbons (Fsp3) is 0.500. The van der Waals surface area contributed by atoms with Crippen LogP contribution in [-0.4, -0.2) is 20.3 Å². The molecule has 88 valence electrons. The van der Waals surface area contributed by atoms with Gasteiger partial charge in [0.05, 0.1) is 6.61 Å². The quantitative estimate of drug-likeness (QED) is 0.924. The van der Waals surface area contributed by atoms with Gasteiger partial charge in [0.25, 0.3) is 0 Å². The number of halogens is 2. The maximum absolute atomic E-state index is 6.27. The lowest BCUT2D eigenvalue weighted by atomic mass is 9.92. The highest BCUT2D eigenvalue weighted by molar-refractivity contribution is 9.10. The van der Waals surface area contributed by atoms with Gasteiger partial charge in [-0.3, -0.25) is 0 Å². The minimum atomic E-state index is 0.281. The van der Waals surface area contributed by atoms with E-state index in [1.807, 2.05) is 19.2 Å². The van der Waals surface area contributed by atoms with E-state index >= 15 is 0 Å². The fourth-order valence-electron chi connectivity index (χ4n) is 2.21. The van der Waals surface area contributed by atoms with Gasteiger partial charge >= 0.3 is 0 Å². The van der Waals surface area contributed by atoms with E-state index in [1.165, 1.54) is 0 Å². The van der Waals surface area contributed by atoms with Crippen LogP contribution in [0.5, 0.6) is 0 Å². The van der Waals surface area contributed by atoms with Crippen LogP contribution >= 0.6 is 27.5 Å². The van der Waals surface area contributed by atoms with Crippen molar-refractivity contribution in [3.8, 4) is 0 Å². The third kappa shape index (κ3) is 2.59. The van der Waals surface area contributed by atoms with E-state index < -0.39 is 0 Å². The first-order chi connectivity index (χ1) is 7.72. The summed E-state index contributed by atoms with van der Waals surface area (Å²) in [6.45, 7) is 1.68. The first kappa shape index (κ1) is 12.4. The predicted octanol–water partition coefficient (Wildman–Crippen LogP) is 3.40. The molecule has 1 aliphatic heterocycles. The van der Waals surface area contributed by atoms with E-state index in [4.69, 9.17) is 16.3 Å². The number of rotatable bonds is 3. The molecule has 0 amide bonds. The van der Waals surface area contributed by atoms with Crippen molar-refractivity contribution in [3.63, 3.8) is 0 Å². The molecular formula is C12H15BrClNO. The normalized spacial score (nSPS) is 22.3. The van der Waals surface area contributed by atoms with Crippen molar-refractivity contribution in [3.05, 3.63) is 33.3 Å². The van der Waals surface area contributed by atoms with Crippen LogP contribution in [-0.2, 0) is 4.74 Å². The summed E-state index contributed by atoms with van der Waals surface area (Å²) in [4.78, 5) is 0. The summed E-state index contributed by atoms with van der Waals surface area (Å²) in [5, 5.41) is 4.15. The number of hydrogen-bond acceptors (Lipinski definition) is 2. The number of benzene rings is 1. The van der Waals surface area contributed by atoms with Gasteiger partial charge in [0.2, 0.25) is 0 Å². The molecule has 4 heteroatoms. The first-order valence-corrected chi connectivity index (χ1v) is 6.59. The molecule has 0 aromatic heterocycles. The number of hydrogen-bond donors (Lipinski definition) is 1. The SMILES string of the molecule is CNC(c1ccc(Br)cc1Cl)C1CCOC1. The van der Waals surface area contributed by atoms with Crippen LogP contribution in [0.1, 0.15) is 18.0 Å². The zero-order valence-electron chi connectivity index (χ0n) is 9.17. The average Bonchev–Trinajstić information content (AvgIpc) is 2.75. The maximum atomic E-state index is 6.27. The van der Waals surface area contributed by atoms with Gasteiger partial charge in [0, 0.05) is 28.1 Å². The average molecular weight is 305 g/mol. The summed E-state index contributed by atoms with van der Waals surface area (Å²) < 4.78 is 6.45. The second-order valence-electron chi connectivity index (χ2n) is 4.06. The van der Waals surface area contributed by atoms with Crippen molar-refractivity contribution in [1.29, 1.82) is 0 Å². The van der Waals surface area contributed by atoms with E-state index in [1.54, 1.807) is 0 Å². The Morgan fingerprint density at radius 2 is 2.38 bits per heavy atom. The largest absolute Gasteiger partial charge is 0.381 e. The summed E-state index contributed by atoms with van der Waals surface area (Å²) in [6.07, 6.45) is 1.10. The van der Waals surface area contributed by atoms with Gasteiger partial charge in [-0.15, -0.1) is 0 Å². The summed E-state index contributed by atoms with van der Waals surface area (Å²) in [5.74, 6) is 0.517. The van der Waals surface area contributed by atoms with Crippen LogP contribution in [0.3, 0.4) is 0 Å². The molecule has 1 fully saturated rings. The van der Waals surface area contributed by atoms with Crippen LogP contribution < -0.4 is 5.32 Å². The zero-order valence-corrected chi connectivity index (χ0v) is 11.5. The molecule has 0 bridgehead atoms. The van der Waals surface area contributed by atoms with Crippen molar-refractivity contribution in [2.45, 2.75) is 12.5 Å². The Balaban J connectivity index is 2.25. The second-order valence-corrected chi connectivity index (χ2v) is 5.38. The summed E-state index contributed by atoms with van der Waals surface area (Å²) in [6, 6.07) is 6.33. The van der Waals surface area contributed by atoms with E-state index in [9.17, 15) is 0 Å². The highest BCUT2D eigenvalue weighted by atomic mass is 79.9. The molecule has 1 aromatic rings. The molecule has 0 spiro atoms. The molecule has 2 unspecified atom stereocenters. The minimum absolute atomic E-state index is 0.281. The molecule has 0 saturated carbocycles. The first-order valence-electron chi connectivity index (χ1n) is 5.42. The highest BCUT2D eigenvalue weighted by Crippen LogP contribution is 2.33. The molecule has 0 aliphatic carbocycles. The summed E-state index contributed by atoms with van der Waals surface area (Å²) in [5.41, 5.74) is 1.16. The predicted molar refractivity (Wildman–Crippen MR) is 69.9 cm³/mol. The highest BCUT2D eigenvalue weighted by Gasteiger charge is 2.27. The zero-order chi connectivity index (χ0) is 11.5. The lowest BCUT2D eigenvalue weighted by Crippen LogP contribution is -2.25. The third-order valence-electron chi connectivity index (χ3n) is 3.04. The molecule has 16 heavy (non-hydrogen) atoms. The Kier molecular flexibility index (Phi) is 4.25. The van der Waals surface area contributed by atoms with Gasteiger partial charge < -0.3 is 10.1 Å². The molecular weight excluding hydrogens is 289 g/mol. The molecule has 1 heterocycles. The van der Waals surface area contributed by atoms with Crippen LogP contribution in [0.4, 0.5) is 0 Å². The van der Waals surface area contributed by atoms with Crippen molar-refractivity contribution in [1.82, 2.24) is 5.32 Å². The summed E-state index contributed by atoms with van der Waals surface area (Å²) >= 11 is 9.69. The van der Waals surface area contributed by atoms with Crippen molar-refractivity contribution >= 4 is 27.5 Å². The van der Waals surface area contributed by atoms with Crippen molar-refractivity contribution in [2.75, 3.05) is 20.3 Å².